The maximum Gasteiger partial charge on any atom is 0.164 e. The van der Waals surface area contributed by atoms with Crippen LogP contribution >= 0.6 is 0 Å². The average Bonchev–Trinajstić information content (AvgIpc) is 3.18. The fourth-order valence-electron chi connectivity index (χ4n) is 2.79. The summed E-state index contributed by atoms with van der Waals surface area (Å²) in [7, 11) is 0. The number of aromatic hydroxyl groups is 1. The van der Waals surface area contributed by atoms with Gasteiger partial charge in [-0.25, -0.2) is 14.6 Å². The van der Waals surface area contributed by atoms with Gasteiger partial charge in [-0.15, -0.1) is 0 Å². The molecular weight excluding hydrogens is 316 g/mol. The Hall–Kier alpha value is -3.09. The Balaban J connectivity index is 0.000000880. The Kier molecular flexibility index (Phi) is 4.31. The van der Waals surface area contributed by atoms with Gasteiger partial charge in [-0.05, 0) is 38.1 Å². The lowest BCUT2D eigenvalue weighted by Crippen LogP contribution is -2.04. The topological polar surface area (TPSA) is 106 Å². The van der Waals surface area contributed by atoms with Crippen molar-refractivity contribution in [2.45, 2.75) is 33.7 Å². The van der Waals surface area contributed by atoms with Crippen molar-refractivity contribution in [3.8, 4) is 17.1 Å². The third-order valence-electron chi connectivity index (χ3n) is 3.87. The van der Waals surface area contributed by atoms with E-state index in [0.717, 1.165) is 22.0 Å². The van der Waals surface area contributed by atoms with E-state index >= 15 is 0 Å². The van der Waals surface area contributed by atoms with Crippen molar-refractivity contribution in [2.24, 2.45) is 0 Å². The number of nitrogen functional groups attached to an aromatic ring is 1. The molecule has 7 heteroatoms. The highest BCUT2D eigenvalue weighted by molar-refractivity contribution is 6.00. The number of hydrogen-bond donors (Lipinski definition) is 3. The second-order valence-electron chi connectivity index (χ2n) is 5.80. The molecule has 3 heterocycles. The zero-order chi connectivity index (χ0) is 18.1. The molecule has 0 saturated carbocycles. The largest absolute Gasteiger partial charge is 0.508 e. The molecule has 3 aromatic heterocycles. The third-order valence-corrected chi connectivity index (χ3v) is 3.87. The number of hydrogen-bond acceptors (Lipinski definition) is 5. The fraction of sp³-hybridized carbons (Fsp3) is 0.278. The first-order valence-corrected chi connectivity index (χ1v) is 8.35. The summed E-state index contributed by atoms with van der Waals surface area (Å²) in [6.07, 6.45) is 1.45. The lowest BCUT2D eigenvalue weighted by atomic mass is 10.2. The molecular formula is C18H22N6O. The average molecular weight is 338 g/mol. The van der Waals surface area contributed by atoms with Gasteiger partial charge in [-0.3, -0.25) is 0 Å². The van der Waals surface area contributed by atoms with Crippen LogP contribution in [0.15, 0.2) is 30.6 Å². The first kappa shape index (κ1) is 16.8. The molecule has 0 radical (unpaired) electrons. The predicted octanol–water partition coefficient (Wildman–Crippen LogP) is 3.87. The Morgan fingerprint density at radius 3 is 2.64 bits per heavy atom. The SMILES string of the molecule is CC.CC(C)n1nc(-c2cc3cc(O)ccc3[nH]2)c2c(N)ncnc21. The number of aromatic nitrogens is 5. The van der Waals surface area contributed by atoms with Gasteiger partial charge in [-0.1, -0.05) is 13.8 Å². The van der Waals surface area contributed by atoms with Crippen LogP contribution in [-0.2, 0) is 0 Å². The number of nitrogens with two attached hydrogens (primary N) is 1. The van der Waals surface area contributed by atoms with Crippen molar-refractivity contribution < 1.29 is 5.11 Å². The normalized spacial score (nSPS) is 11.1. The first-order chi connectivity index (χ1) is 12.0. The highest BCUT2D eigenvalue weighted by Gasteiger charge is 2.19. The number of anilines is 1. The van der Waals surface area contributed by atoms with Crippen molar-refractivity contribution >= 4 is 27.8 Å². The molecule has 0 saturated heterocycles. The Morgan fingerprint density at radius 2 is 1.92 bits per heavy atom. The number of nitrogens with one attached hydrogen (secondary N) is 1. The third kappa shape index (κ3) is 2.77. The van der Waals surface area contributed by atoms with E-state index < -0.39 is 0 Å². The van der Waals surface area contributed by atoms with Crippen LogP contribution in [0.3, 0.4) is 0 Å². The van der Waals surface area contributed by atoms with E-state index in [1.807, 2.05) is 44.5 Å². The second-order valence-corrected chi connectivity index (χ2v) is 5.80. The minimum Gasteiger partial charge on any atom is -0.508 e. The van der Waals surface area contributed by atoms with Crippen molar-refractivity contribution in [3.63, 3.8) is 0 Å². The molecule has 0 bridgehead atoms. The number of aromatic amines is 1. The number of rotatable bonds is 2. The van der Waals surface area contributed by atoms with Gasteiger partial charge in [0, 0.05) is 16.9 Å². The lowest BCUT2D eigenvalue weighted by molar-refractivity contribution is 0.476. The number of benzene rings is 1. The monoisotopic (exact) mass is 338 g/mol. The number of phenolic OH excluding ortho intramolecular Hbond substituents is 1. The zero-order valence-electron chi connectivity index (χ0n) is 14.8. The molecule has 0 aliphatic carbocycles. The van der Waals surface area contributed by atoms with Crippen molar-refractivity contribution in [1.29, 1.82) is 0 Å². The Labute approximate surface area is 145 Å². The van der Waals surface area contributed by atoms with E-state index in [9.17, 15) is 5.11 Å². The Bertz CT molecular complexity index is 1030. The summed E-state index contributed by atoms with van der Waals surface area (Å²) in [5.74, 6) is 0.627. The van der Waals surface area contributed by atoms with Gasteiger partial charge in [0.15, 0.2) is 5.65 Å². The van der Waals surface area contributed by atoms with Crippen LogP contribution in [0.4, 0.5) is 5.82 Å². The van der Waals surface area contributed by atoms with E-state index in [-0.39, 0.29) is 11.8 Å². The molecule has 0 fully saturated rings. The summed E-state index contributed by atoms with van der Waals surface area (Å²) in [5.41, 5.74) is 9.22. The van der Waals surface area contributed by atoms with Crippen LogP contribution in [0, 0.1) is 0 Å². The van der Waals surface area contributed by atoms with Crippen molar-refractivity contribution in [2.75, 3.05) is 5.73 Å². The van der Waals surface area contributed by atoms with Crippen LogP contribution in [0.25, 0.3) is 33.3 Å². The van der Waals surface area contributed by atoms with Crippen LogP contribution in [0.1, 0.15) is 33.7 Å². The highest BCUT2D eigenvalue weighted by atomic mass is 16.3. The van der Waals surface area contributed by atoms with Crippen LogP contribution in [0.2, 0.25) is 0 Å². The summed E-state index contributed by atoms with van der Waals surface area (Å²) in [6.45, 7) is 8.08. The minimum atomic E-state index is 0.147. The fourth-order valence-corrected chi connectivity index (χ4v) is 2.79. The molecule has 4 rings (SSSR count). The van der Waals surface area contributed by atoms with E-state index in [1.165, 1.54) is 6.33 Å². The van der Waals surface area contributed by atoms with E-state index in [4.69, 9.17) is 5.73 Å². The van der Waals surface area contributed by atoms with E-state index in [0.29, 0.717) is 17.2 Å². The number of phenols is 1. The van der Waals surface area contributed by atoms with Gasteiger partial charge in [0.1, 0.15) is 23.6 Å². The molecule has 0 aliphatic heterocycles. The molecule has 25 heavy (non-hydrogen) atoms. The summed E-state index contributed by atoms with van der Waals surface area (Å²) in [6, 6.07) is 7.26. The maximum absolute atomic E-state index is 9.63. The molecule has 7 nitrogen and oxygen atoms in total. The van der Waals surface area contributed by atoms with Gasteiger partial charge < -0.3 is 15.8 Å². The molecule has 4 aromatic rings. The van der Waals surface area contributed by atoms with Crippen LogP contribution < -0.4 is 5.73 Å². The quantitative estimate of drug-likeness (QED) is 0.514. The molecule has 130 valence electrons. The van der Waals surface area contributed by atoms with Gasteiger partial charge in [0.25, 0.3) is 0 Å². The second kappa shape index (κ2) is 6.43. The molecule has 0 amide bonds. The molecule has 1 aromatic carbocycles. The number of fused-ring (bicyclic) bond motifs is 2. The summed E-state index contributed by atoms with van der Waals surface area (Å²) in [5, 5.41) is 15.9. The molecule has 0 atom stereocenters. The van der Waals surface area contributed by atoms with Gasteiger partial charge >= 0.3 is 0 Å². The number of nitrogens with zero attached hydrogens (tertiary/aromatic N) is 4. The molecule has 0 spiro atoms. The van der Waals surface area contributed by atoms with Gasteiger partial charge in [0.05, 0.1) is 11.1 Å². The molecule has 4 N–H and O–H groups in total. The van der Waals surface area contributed by atoms with E-state index in [1.54, 1.807) is 12.1 Å². The standard InChI is InChI=1S/C16H16N6O.C2H6/c1-8(2)22-16-13(15(17)18-7-19-16)14(21-22)12-6-9-5-10(23)3-4-11(9)20-12;1-2/h3-8,20,23H,1-2H3,(H2,17,18,19);1-2H3. The highest BCUT2D eigenvalue weighted by Crippen LogP contribution is 2.33. The summed E-state index contributed by atoms with van der Waals surface area (Å²) < 4.78 is 1.84. The summed E-state index contributed by atoms with van der Waals surface area (Å²) >= 11 is 0. The lowest BCUT2D eigenvalue weighted by Gasteiger charge is -2.05. The zero-order valence-corrected chi connectivity index (χ0v) is 14.8. The van der Waals surface area contributed by atoms with Crippen molar-refractivity contribution in [1.82, 2.24) is 24.7 Å². The predicted molar refractivity (Wildman–Crippen MR) is 100 cm³/mol. The minimum absolute atomic E-state index is 0.147. The maximum atomic E-state index is 9.63. The number of H-pyrrole nitrogens is 1. The summed E-state index contributed by atoms with van der Waals surface area (Å²) in [4.78, 5) is 11.7. The molecule has 0 unspecified atom stereocenters. The van der Waals surface area contributed by atoms with Gasteiger partial charge in [-0.2, -0.15) is 5.10 Å². The molecule has 0 aliphatic rings. The first-order valence-electron chi connectivity index (χ1n) is 8.35. The van der Waals surface area contributed by atoms with E-state index in [2.05, 4.69) is 20.1 Å². The Morgan fingerprint density at radius 1 is 1.16 bits per heavy atom. The van der Waals surface area contributed by atoms with Gasteiger partial charge in [0.2, 0.25) is 0 Å². The van der Waals surface area contributed by atoms with Crippen molar-refractivity contribution in [3.05, 3.63) is 30.6 Å². The van der Waals surface area contributed by atoms with Crippen LogP contribution in [-0.4, -0.2) is 29.8 Å². The van der Waals surface area contributed by atoms with Crippen LogP contribution in [0.5, 0.6) is 5.75 Å². The smallest absolute Gasteiger partial charge is 0.164 e.